The van der Waals surface area contributed by atoms with Gasteiger partial charge in [-0.15, -0.1) is 29.7 Å². The molecule has 0 atom stereocenters. The molecule has 508 valence electrons. The van der Waals surface area contributed by atoms with Crippen LogP contribution in [0, 0.1) is 25.3 Å². The van der Waals surface area contributed by atoms with Crippen LogP contribution >= 0.6 is 0 Å². The van der Waals surface area contributed by atoms with Crippen molar-refractivity contribution in [3.8, 4) is 73.2 Å². The van der Waals surface area contributed by atoms with Crippen LogP contribution in [-0.4, -0.2) is 22.2 Å². The third kappa shape index (κ3) is 12.9. The molecule has 15 aromatic rings. The molecule has 0 fully saturated rings. The average molecular weight is 1550 g/mol. The molecule has 0 aliphatic rings. The molecule has 0 spiro atoms. The molecule has 0 N–H and O–H groups in total. The van der Waals surface area contributed by atoms with Gasteiger partial charge >= 0.3 is 0 Å². The van der Waals surface area contributed by atoms with Gasteiger partial charge in [0.15, 0.2) is 8.07 Å². The number of pyridine rings is 1. The summed E-state index contributed by atoms with van der Waals surface area (Å²) in [5.74, 6) is 0.349. The summed E-state index contributed by atoms with van der Waals surface area (Å²) < 4.78 is 267. The van der Waals surface area contributed by atoms with Crippen LogP contribution < -0.4 is 30.1 Å². The van der Waals surface area contributed by atoms with Crippen LogP contribution in [-0.2, 0) is 42.7 Å². The molecule has 102 heavy (non-hydrogen) atoms. The number of aromatic nitrogens is 4. The number of rotatable bonds is 13. The molecule has 0 amide bonds. The van der Waals surface area contributed by atoms with Crippen molar-refractivity contribution < 1.29 is 67.4 Å². The summed E-state index contributed by atoms with van der Waals surface area (Å²) in [6, 6.07) is 24.2. The number of hydrogen-bond donors (Lipinski definition) is 0. The topological polar surface area (TPSA) is 35.9 Å². The molecule has 0 aliphatic carbocycles. The van der Waals surface area contributed by atoms with Crippen LogP contribution in [0.25, 0.3) is 94.5 Å². The Labute approximate surface area is 656 Å². The zero-order valence-electron chi connectivity index (χ0n) is 85.3. The van der Waals surface area contributed by atoms with Gasteiger partial charge in [0.05, 0.1) is 49.6 Å². The quantitative estimate of drug-likeness (QED) is 0.0499. The molecule has 3 heterocycles. The molecule has 5 nitrogen and oxygen atoms in total. The monoisotopic (exact) mass is 1550 g/mol. The number of ether oxygens (including phenoxy) is 1. The van der Waals surface area contributed by atoms with Gasteiger partial charge in [-0.3, -0.25) is 4.57 Å². The van der Waals surface area contributed by atoms with Gasteiger partial charge in [0.1, 0.15) is 5.82 Å². The first-order chi connectivity index (χ1) is 59.7. The molecule has 0 aliphatic heterocycles. The van der Waals surface area contributed by atoms with E-state index >= 15 is 0 Å². The Morgan fingerprint density at radius 2 is 1.00 bits per heavy atom. The Bertz CT molecular complexity index is 6960. The van der Waals surface area contributed by atoms with E-state index in [4.69, 9.17) is 24.8 Å². The number of nitrogens with zero attached hydrogens (tertiary/aromatic N) is 4. The van der Waals surface area contributed by atoms with E-state index < -0.39 is 197 Å². The minimum atomic E-state index is -6.40. The van der Waals surface area contributed by atoms with Gasteiger partial charge in [-0.1, -0.05) is 319 Å². The summed E-state index contributed by atoms with van der Waals surface area (Å²) >= 11 is 0. The van der Waals surface area contributed by atoms with Crippen molar-refractivity contribution in [2.75, 3.05) is 0 Å². The number of imidazole rings is 1. The van der Waals surface area contributed by atoms with Crippen molar-refractivity contribution in [1.82, 2.24) is 14.1 Å². The summed E-state index contributed by atoms with van der Waals surface area (Å²) in [6.07, 6.45) is 4.89. The van der Waals surface area contributed by atoms with Gasteiger partial charge in [-0.05, 0) is 145 Å². The normalized spacial score (nSPS) is 16.1. The van der Waals surface area contributed by atoms with Crippen molar-refractivity contribution in [2.24, 2.45) is 0 Å². The fraction of sp³-hybridized carbons (Fsp3) is 0.179. The standard InChI is InChI=1S/C95H86N4OSi.Pt/c1-64-51-90(96-62-85(64)65-31-18-14-19-32-65)99-86-46-27-26-45-81(86)82-49-48-76(61-88(82)99)100-75-37-30-36-74(60-75)97-63-98(87-50-47-66(56-89(87)97)69-53-71(93(5,6)7)57-72(54-69)94(8,9)10)91-83(67-33-28-35-70(52-67)92(2,3)4)58-73(95(11,12)13)59-84(91)68-34-29-44-80(55-68)101(77-38-20-15-21-39-77,78-40-22-16-23-41-78)79-42-24-17-25-43-79;/h14-59,62H,1-13H3;/q-2;/i1D3,14D,15D,16D,17D,18D,19D,20D,21D,22D,23D,24D,25D,29D,31D,32D,34D,38D,39D,40D,41D,42D,43D,44D,55D;. The third-order valence-corrected chi connectivity index (χ3v) is 22.4. The predicted molar refractivity (Wildman–Crippen MR) is 425 cm³/mol. The van der Waals surface area contributed by atoms with E-state index in [1.54, 1.807) is 50.1 Å². The molecule has 7 heteroatoms. The van der Waals surface area contributed by atoms with Crippen LogP contribution in [0.5, 0.6) is 11.5 Å². The van der Waals surface area contributed by atoms with Crippen molar-refractivity contribution in [2.45, 2.75) is 112 Å². The zero-order chi connectivity index (χ0) is 93.6. The second-order valence-electron chi connectivity index (χ2n) is 29.3. The van der Waals surface area contributed by atoms with Gasteiger partial charge in [0, 0.05) is 54.0 Å². The molecular formula is C95H86N4OPtSi-2. The number of aryl methyl sites for hydroxylation is 1. The molecule has 0 saturated heterocycles. The van der Waals surface area contributed by atoms with E-state index in [0.717, 1.165) is 27.8 Å². The van der Waals surface area contributed by atoms with Crippen molar-refractivity contribution in [1.29, 1.82) is 0 Å². The SMILES string of the molecule is [2H]c1c([2H])c([2H])c(-c2cnc(-n3c4[c-]c(Oc5[c-]c(-n6[c-][n+](-c7c(-c8cccc(C(C)(C)C)c8)cc(C(C)(C)C)cc7-c7c([2H])c([2H])c([2H])c([Si](c8c([2H])c([2H])c([2H])c([2H])c8[2H])(c8c([2H])c([2H])c([2H])c([2H])c8[2H])c8c([2H])c([2H])c([2H])c([2H])c8[2H])c7[2H])c7ccc(-c8cc(C(C)(C)C)cc(C(C)(C)C)c8)cc76)ccc5)ccc4c4ccccc43)cc2C([2H])([2H])[2H])c([2H])c1[2H].[Pt]. The fourth-order valence-electron chi connectivity index (χ4n) is 13.0. The van der Waals surface area contributed by atoms with Crippen LogP contribution in [0.2, 0.25) is 0 Å². The molecule has 0 saturated carbocycles. The summed E-state index contributed by atoms with van der Waals surface area (Å²) in [4.78, 5) is 4.76. The van der Waals surface area contributed by atoms with Crippen LogP contribution in [0.15, 0.2) is 285 Å². The largest absolute Gasteiger partial charge is 0.510 e. The Balaban J connectivity index is 0.0000134. The summed E-state index contributed by atoms with van der Waals surface area (Å²) in [7, 11) is -6.40. The van der Waals surface area contributed by atoms with E-state index in [-0.39, 0.29) is 77.2 Å². The Kier molecular flexibility index (Phi) is 11.5. The zero-order valence-corrected chi connectivity index (χ0v) is 61.6. The average Bonchev–Trinajstić information content (AvgIpc) is 1.60. The molecule has 0 radical (unpaired) electrons. The Morgan fingerprint density at radius 3 is 1.63 bits per heavy atom. The minimum absolute atomic E-state index is 0. The Morgan fingerprint density at radius 1 is 0.441 bits per heavy atom. The first kappa shape index (κ1) is 43.5. The van der Waals surface area contributed by atoms with Crippen LogP contribution in [0.3, 0.4) is 0 Å². The van der Waals surface area contributed by atoms with E-state index in [1.165, 1.54) is 12.3 Å². The van der Waals surface area contributed by atoms with E-state index in [0.29, 0.717) is 55.2 Å². The van der Waals surface area contributed by atoms with Gasteiger partial charge in [0.2, 0.25) is 0 Å². The molecule has 0 bridgehead atoms. The number of hydrogen-bond acceptors (Lipinski definition) is 2. The number of benzene rings is 12. The van der Waals surface area contributed by atoms with Crippen LogP contribution in [0.4, 0.5) is 0 Å². The molecule has 3 aromatic heterocycles. The van der Waals surface area contributed by atoms with Gasteiger partial charge in [-0.25, -0.2) is 4.98 Å². The Hall–Kier alpha value is -10.2. The fourth-order valence-corrected chi connectivity index (χ4v) is 16.5. The van der Waals surface area contributed by atoms with E-state index in [9.17, 15) is 21.9 Å². The van der Waals surface area contributed by atoms with Gasteiger partial charge in [0.25, 0.3) is 6.33 Å². The summed E-state index contributed by atoms with van der Waals surface area (Å²) in [5.41, 5.74) is 4.66. The second-order valence-corrected chi connectivity index (χ2v) is 32.8. The molecule has 0 unspecified atom stereocenters. The minimum Gasteiger partial charge on any atom is -0.510 e. The first-order valence-corrected chi connectivity index (χ1v) is 35.2. The van der Waals surface area contributed by atoms with Crippen molar-refractivity contribution >= 4 is 61.7 Å². The number of para-hydroxylation sites is 1. The maximum Gasteiger partial charge on any atom is 0.268 e. The maximum atomic E-state index is 11.4. The third-order valence-electron chi connectivity index (χ3n) is 18.4. The van der Waals surface area contributed by atoms with Gasteiger partial charge in [-0.2, -0.15) is 18.2 Å². The number of fused-ring (bicyclic) bond motifs is 4. The smallest absolute Gasteiger partial charge is 0.268 e. The van der Waals surface area contributed by atoms with E-state index in [2.05, 4.69) is 78.2 Å². The summed E-state index contributed by atoms with van der Waals surface area (Å²) in [6.45, 7) is 21.8. The predicted octanol–water partition coefficient (Wildman–Crippen LogP) is 21.1. The maximum absolute atomic E-state index is 11.4. The summed E-state index contributed by atoms with van der Waals surface area (Å²) in [5, 5.41) is -2.56. The second kappa shape index (κ2) is 26.9. The van der Waals surface area contributed by atoms with Crippen molar-refractivity contribution in [3.05, 3.63) is 331 Å². The molecule has 12 aromatic carbocycles. The van der Waals surface area contributed by atoms with E-state index in [1.807, 2.05) is 114 Å². The van der Waals surface area contributed by atoms with Gasteiger partial charge < -0.3 is 13.9 Å². The van der Waals surface area contributed by atoms with Crippen LogP contribution in [0.1, 0.15) is 148 Å². The van der Waals surface area contributed by atoms with Crippen molar-refractivity contribution in [3.63, 3.8) is 0 Å². The molecular weight excluding hydrogens is 1440 g/mol. The first-order valence-electron chi connectivity index (χ1n) is 46.7. The molecule has 15 rings (SSSR count).